The Morgan fingerprint density at radius 1 is 1.18 bits per heavy atom. The lowest BCUT2D eigenvalue weighted by Crippen LogP contribution is -2.23. The largest absolute Gasteiger partial charge is 0.347 e. The van der Waals surface area contributed by atoms with Crippen LogP contribution in [0.25, 0.3) is 6.08 Å². The highest BCUT2D eigenvalue weighted by molar-refractivity contribution is 6.35. The quantitative estimate of drug-likeness (QED) is 0.674. The second kappa shape index (κ2) is 7.65. The number of nitriles is 1. The molecule has 110 valence electrons. The fraction of sp³-hybridized carbons (Fsp3) is 0.0588. The molecule has 2 aromatic rings. The first kappa shape index (κ1) is 16.1. The van der Waals surface area contributed by atoms with E-state index in [4.69, 9.17) is 28.5 Å². The summed E-state index contributed by atoms with van der Waals surface area (Å²) in [7, 11) is 0. The van der Waals surface area contributed by atoms with E-state index in [1.54, 1.807) is 18.2 Å². The number of amides is 1. The third kappa shape index (κ3) is 4.36. The fourth-order valence-electron chi connectivity index (χ4n) is 1.80. The van der Waals surface area contributed by atoms with Crippen molar-refractivity contribution in [2.45, 2.75) is 6.54 Å². The van der Waals surface area contributed by atoms with E-state index in [-0.39, 0.29) is 5.57 Å². The van der Waals surface area contributed by atoms with E-state index in [2.05, 4.69) is 5.32 Å². The molecule has 2 aromatic carbocycles. The van der Waals surface area contributed by atoms with E-state index >= 15 is 0 Å². The summed E-state index contributed by atoms with van der Waals surface area (Å²) >= 11 is 11.9. The maximum Gasteiger partial charge on any atom is 0.262 e. The number of nitrogens with zero attached hydrogens (tertiary/aromatic N) is 1. The van der Waals surface area contributed by atoms with Gasteiger partial charge < -0.3 is 5.32 Å². The lowest BCUT2D eigenvalue weighted by Gasteiger charge is -2.05. The Hall–Kier alpha value is -2.28. The van der Waals surface area contributed by atoms with Crippen LogP contribution in [0.5, 0.6) is 0 Å². The predicted octanol–water partition coefficient (Wildman–Crippen LogP) is 4.22. The smallest absolute Gasteiger partial charge is 0.262 e. The first-order chi connectivity index (χ1) is 10.6. The van der Waals surface area contributed by atoms with Crippen LogP contribution in [-0.2, 0) is 11.3 Å². The van der Waals surface area contributed by atoms with Gasteiger partial charge in [-0.1, -0.05) is 59.6 Å². The molecule has 0 aromatic heterocycles. The number of benzene rings is 2. The van der Waals surface area contributed by atoms with Crippen LogP contribution < -0.4 is 5.32 Å². The lowest BCUT2D eigenvalue weighted by atomic mass is 10.1. The molecule has 3 nitrogen and oxygen atoms in total. The minimum atomic E-state index is -0.447. The molecule has 5 heteroatoms. The summed E-state index contributed by atoms with van der Waals surface area (Å²) in [5.74, 6) is -0.447. The van der Waals surface area contributed by atoms with E-state index in [0.717, 1.165) is 5.56 Å². The summed E-state index contributed by atoms with van der Waals surface area (Å²) in [4.78, 5) is 12.1. The van der Waals surface area contributed by atoms with Gasteiger partial charge in [-0.15, -0.1) is 0 Å². The van der Waals surface area contributed by atoms with Gasteiger partial charge >= 0.3 is 0 Å². The van der Waals surface area contributed by atoms with Crippen LogP contribution in [0, 0.1) is 11.3 Å². The molecule has 0 aliphatic carbocycles. The second-order valence-electron chi connectivity index (χ2n) is 4.50. The van der Waals surface area contributed by atoms with Gasteiger partial charge in [0.15, 0.2) is 0 Å². The monoisotopic (exact) mass is 330 g/mol. The number of hydrogen-bond acceptors (Lipinski definition) is 2. The van der Waals surface area contributed by atoms with Crippen molar-refractivity contribution in [1.82, 2.24) is 5.32 Å². The maximum absolute atomic E-state index is 12.1. The lowest BCUT2D eigenvalue weighted by molar-refractivity contribution is -0.117. The zero-order valence-corrected chi connectivity index (χ0v) is 13.0. The van der Waals surface area contributed by atoms with E-state index < -0.39 is 5.91 Å². The first-order valence-electron chi connectivity index (χ1n) is 6.49. The molecule has 0 saturated heterocycles. The number of rotatable bonds is 4. The van der Waals surface area contributed by atoms with Gasteiger partial charge in [-0.3, -0.25) is 4.79 Å². The van der Waals surface area contributed by atoms with Crippen molar-refractivity contribution in [3.63, 3.8) is 0 Å². The molecule has 0 fully saturated rings. The fourth-order valence-corrected chi connectivity index (χ4v) is 2.26. The molecular weight excluding hydrogens is 319 g/mol. The standard InChI is InChI=1S/C17H12Cl2N2O/c18-15-7-6-13(16(19)9-15)8-14(10-20)17(22)21-11-12-4-2-1-3-5-12/h1-9H,11H2,(H,21,22)/b14-8+. The van der Waals surface area contributed by atoms with Crippen LogP contribution in [0.3, 0.4) is 0 Å². The molecule has 1 amide bonds. The molecule has 0 saturated carbocycles. The van der Waals surface area contributed by atoms with Crippen molar-refractivity contribution in [3.8, 4) is 6.07 Å². The Kier molecular flexibility index (Phi) is 5.60. The molecule has 0 atom stereocenters. The molecule has 0 radical (unpaired) electrons. The third-order valence-electron chi connectivity index (χ3n) is 2.92. The average molecular weight is 331 g/mol. The van der Waals surface area contributed by atoms with Crippen molar-refractivity contribution in [2.75, 3.05) is 0 Å². The van der Waals surface area contributed by atoms with E-state index in [9.17, 15) is 4.79 Å². The van der Waals surface area contributed by atoms with Crippen molar-refractivity contribution >= 4 is 35.2 Å². The first-order valence-corrected chi connectivity index (χ1v) is 7.24. The van der Waals surface area contributed by atoms with Gasteiger partial charge in [0.05, 0.1) is 0 Å². The highest BCUT2D eigenvalue weighted by Gasteiger charge is 2.10. The van der Waals surface area contributed by atoms with Gasteiger partial charge in [0.2, 0.25) is 0 Å². The molecule has 0 unspecified atom stereocenters. The van der Waals surface area contributed by atoms with Crippen molar-refractivity contribution < 1.29 is 4.79 Å². The van der Waals surface area contributed by atoms with Gasteiger partial charge in [0.1, 0.15) is 11.6 Å². The summed E-state index contributed by atoms with van der Waals surface area (Å²) in [6, 6.07) is 16.2. The molecule has 1 N–H and O–H groups in total. The molecule has 2 rings (SSSR count). The highest BCUT2D eigenvalue weighted by Crippen LogP contribution is 2.23. The summed E-state index contributed by atoms with van der Waals surface area (Å²) in [5, 5.41) is 12.7. The average Bonchev–Trinajstić information content (AvgIpc) is 2.53. The van der Waals surface area contributed by atoms with Crippen molar-refractivity contribution in [3.05, 3.63) is 75.3 Å². The molecular formula is C17H12Cl2N2O. The summed E-state index contributed by atoms with van der Waals surface area (Å²) in [6.07, 6.45) is 1.44. The molecule has 0 spiro atoms. The zero-order chi connectivity index (χ0) is 15.9. The third-order valence-corrected chi connectivity index (χ3v) is 3.49. The van der Waals surface area contributed by atoms with Gasteiger partial charge in [0.25, 0.3) is 5.91 Å². The SMILES string of the molecule is N#C/C(=C\c1ccc(Cl)cc1Cl)C(=O)NCc1ccccc1. The summed E-state index contributed by atoms with van der Waals surface area (Å²) < 4.78 is 0. The van der Waals surface area contributed by atoms with Gasteiger partial charge in [-0.05, 0) is 29.3 Å². The maximum atomic E-state index is 12.1. The van der Waals surface area contributed by atoms with E-state index in [1.165, 1.54) is 6.08 Å². The van der Waals surface area contributed by atoms with Gasteiger partial charge in [-0.2, -0.15) is 5.26 Å². The highest BCUT2D eigenvalue weighted by atomic mass is 35.5. The Labute approximate surface area is 138 Å². The zero-order valence-electron chi connectivity index (χ0n) is 11.5. The van der Waals surface area contributed by atoms with E-state index in [0.29, 0.717) is 22.2 Å². The molecule has 22 heavy (non-hydrogen) atoms. The van der Waals surface area contributed by atoms with Gasteiger partial charge in [0, 0.05) is 16.6 Å². The minimum absolute atomic E-state index is 0.0137. The van der Waals surface area contributed by atoms with Crippen LogP contribution in [0.1, 0.15) is 11.1 Å². The Balaban J connectivity index is 2.12. The summed E-state index contributed by atoms with van der Waals surface area (Å²) in [5.41, 5.74) is 1.51. The van der Waals surface area contributed by atoms with Crippen LogP contribution in [-0.4, -0.2) is 5.91 Å². The van der Waals surface area contributed by atoms with Crippen molar-refractivity contribution in [2.24, 2.45) is 0 Å². The number of halogens is 2. The van der Waals surface area contributed by atoms with Gasteiger partial charge in [-0.25, -0.2) is 0 Å². The molecule has 0 aliphatic rings. The second-order valence-corrected chi connectivity index (χ2v) is 5.35. The predicted molar refractivity (Wildman–Crippen MR) is 88.3 cm³/mol. The van der Waals surface area contributed by atoms with Crippen LogP contribution in [0.15, 0.2) is 54.1 Å². The summed E-state index contributed by atoms with van der Waals surface area (Å²) in [6.45, 7) is 0.354. The van der Waals surface area contributed by atoms with Crippen LogP contribution in [0.4, 0.5) is 0 Å². The molecule has 0 bridgehead atoms. The van der Waals surface area contributed by atoms with Crippen LogP contribution >= 0.6 is 23.2 Å². The minimum Gasteiger partial charge on any atom is -0.347 e. The number of carbonyl (C=O) groups is 1. The Morgan fingerprint density at radius 3 is 2.55 bits per heavy atom. The normalized spacial score (nSPS) is 10.9. The number of carbonyl (C=O) groups excluding carboxylic acids is 1. The van der Waals surface area contributed by atoms with Crippen LogP contribution in [0.2, 0.25) is 10.0 Å². The molecule has 0 aliphatic heterocycles. The van der Waals surface area contributed by atoms with Crippen molar-refractivity contribution in [1.29, 1.82) is 5.26 Å². The Bertz CT molecular complexity index is 749. The number of hydrogen-bond donors (Lipinski definition) is 1. The number of nitrogens with one attached hydrogen (secondary N) is 1. The Morgan fingerprint density at radius 2 is 1.91 bits per heavy atom. The topological polar surface area (TPSA) is 52.9 Å². The van der Waals surface area contributed by atoms with E-state index in [1.807, 2.05) is 36.4 Å². The molecule has 0 heterocycles.